The van der Waals surface area contributed by atoms with Crippen LogP contribution in [0.4, 0.5) is 18.9 Å². The van der Waals surface area contributed by atoms with Crippen molar-refractivity contribution in [1.82, 2.24) is 0 Å². The predicted octanol–water partition coefficient (Wildman–Crippen LogP) is 5.51. The maximum absolute atomic E-state index is 13.6. The van der Waals surface area contributed by atoms with E-state index < -0.39 is 23.7 Å². The van der Waals surface area contributed by atoms with Crippen LogP contribution in [0.2, 0.25) is 0 Å². The molecule has 30 heavy (non-hydrogen) atoms. The second-order valence-corrected chi connectivity index (χ2v) is 7.79. The number of hydrogen-bond acceptors (Lipinski definition) is 3. The summed E-state index contributed by atoms with van der Waals surface area (Å²) in [6.07, 6.45) is -4.24. The minimum absolute atomic E-state index is 0.0693. The number of amides is 1. The van der Waals surface area contributed by atoms with E-state index in [1.807, 2.05) is 60.7 Å². The van der Waals surface area contributed by atoms with Crippen molar-refractivity contribution in [1.29, 1.82) is 0 Å². The van der Waals surface area contributed by atoms with Gasteiger partial charge in [-0.1, -0.05) is 60.7 Å². The maximum atomic E-state index is 13.6. The zero-order valence-electron chi connectivity index (χ0n) is 16.0. The van der Waals surface area contributed by atoms with Crippen LogP contribution in [0.15, 0.2) is 83.8 Å². The lowest BCUT2D eigenvalue weighted by Crippen LogP contribution is -2.37. The summed E-state index contributed by atoms with van der Waals surface area (Å²) in [6.45, 7) is 0. The molecule has 0 aliphatic rings. The zero-order chi connectivity index (χ0) is 21.6. The van der Waals surface area contributed by atoms with Gasteiger partial charge >= 0.3 is 6.18 Å². The van der Waals surface area contributed by atoms with Crippen LogP contribution in [0.5, 0.6) is 0 Å². The Hall–Kier alpha value is -2.77. The SMILES string of the molecule is NC(Cc1ccccc1)C(=O)Nc1ccc(SCc2ccccc2)c(C(F)(F)F)c1. The van der Waals surface area contributed by atoms with Crippen LogP contribution in [0.25, 0.3) is 0 Å². The van der Waals surface area contributed by atoms with E-state index in [9.17, 15) is 18.0 Å². The van der Waals surface area contributed by atoms with Crippen LogP contribution >= 0.6 is 11.8 Å². The fraction of sp³-hybridized carbons (Fsp3) is 0.174. The number of halogens is 3. The molecule has 0 saturated heterocycles. The van der Waals surface area contributed by atoms with E-state index in [-0.39, 0.29) is 10.6 Å². The summed E-state index contributed by atoms with van der Waals surface area (Å²) in [5.41, 5.74) is 7.02. The highest BCUT2D eigenvalue weighted by Crippen LogP contribution is 2.39. The lowest BCUT2D eigenvalue weighted by atomic mass is 10.1. The average Bonchev–Trinajstić information content (AvgIpc) is 2.73. The average molecular weight is 430 g/mol. The smallest absolute Gasteiger partial charge is 0.325 e. The Morgan fingerprint density at radius 2 is 1.53 bits per heavy atom. The number of nitrogens with two attached hydrogens (primary N) is 1. The van der Waals surface area contributed by atoms with E-state index in [0.717, 1.165) is 29.0 Å². The van der Waals surface area contributed by atoms with E-state index >= 15 is 0 Å². The van der Waals surface area contributed by atoms with Crippen LogP contribution < -0.4 is 11.1 Å². The molecule has 0 bridgehead atoms. The molecular weight excluding hydrogens is 409 g/mol. The standard InChI is InChI=1S/C23H21F3N2OS/c24-23(25,26)19-14-18(11-12-21(19)30-15-17-9-5-2-6-10-17)28-22(29)20(27)13-16-7-3-1-4-8-16/h1-12,14,20H,13,15,27H2,(H,28,29). The highest BCUT2D eigenvalue weighted by Gasteiger charge is 2.34. The number of anilines is 1. The first-order chi connectivity index (χ1) is 14.3. The van der Waals surface area contributed by atoms with E-state index in [1.54, 1.807) is 0 Å². The van der Waals surface area contributed by atoms with Gasteiger partial charge in [0.25, 0.3) is 0 Å². The highest BCUT2D eigenvalue weighted by molar-refractivity contribution is 7.98. The molecule has 3 rings (SSSR count). The van der Waals surface area contributed by atoms with Crippen molar-refractivity contribution in [3.63, 3.8) is 0 Å². The largest absolute Gasteiger partial charge is 0.417 e. The van der Waals surface area contributed by atoms with Crippen molar-refractivity contribution >= 4 is 23.4 Å². The normalized spacial score (nSPS) is 12.4. The van der Waals surface area contributed by atoms with Gasteiger partial charge < -0.3 is 11.1 Å². The molecular formula is C23H21F3N2OS. The molecule has 3 aromatic rings. The lowest BCUT2D eigenvalue weighted by Gasteiger charge is -2.16. The second kappa shape index (κ2) is 9.82. The number of nitrogens with one attached hydrogen (secondary N) is 1. The molecule has 0 heterocycles. The third-order valence-electron chi connectivity index (χ3n) is 4.42. The van der Waals surface area contributed by atoms with Gasteiger partial charge in [0.2, 0.25) is 5.91 Å². The van der Waals surface area contributed by atoms with Crippen LogP contribution in [0.1, 0.15) is 16.7 Å². The third kappa shape index (κ3) is 6.11. The monoisotopic (exact) mass is 430 g/mol. The van der Waals surface area contributed by atoms with Crippen LogP contribution in [0.3, 0.4) is 0 Å². The van der Waals surface area contributed by atoms with Gasteiger partial charge in [-0.05, 0) is 35.7 Å². The first-order valence-corrected chi connectivity index (χ1v) is 10.3. The van der Waals surface area contributed by atoms with Gasteiger partial charge in [-0.3, -0.25) is 4.79 Å². The minimum atomic E-state index is -4.54. The summed E-state index contributed by atoms with van der Waals surface area (Å²) in [5, 5.41) is 2.50. The molecule has 3 N–H and O–H groups in total. The van der Waals surface area contributed by atoms with Gasteiger partial charge in [0.15, 0.2) is 0 Å². The highest BCUT2D eigenvalue weighted by atomic mass is 32.2. The topological polar surface area (TPSA) is 55.1 Å². The predicted molar refractivity (Wildman–Crippen MR) is 114 cm³/mol. The van der Waals surface area contributed by atoms with Crippen molar-refractivity contribution < 1.29 is 18.0 Å². The summed E-state index contributed by atoms with van der Waals surface area (Å²) >= 11 is 1.11. The molecule has 0 aliphatic carbocycles. The Balaban J connectivity index is 1.71. The van der Waals surface area contributed by atoms with E-state index in [0.29, 0.717) is 12.2 Å². The minimum Gasteiger partial charge on any atom is -0.325 e. The molecule has 3 aromatic carbocycles. The lowest BCUT2D eigenvalue weighted by molar-refractivity contribution is -0.139. The molecule has 1 amide bonds. The number of rotatable bonds is 7. The molecule has 1 atom stereocenters. The summed E-state index contributed by atoms with van der Waals surface area (Å²) in [5.74, 6) is -0.117. The quantitative estimate of drug-likeness (QED) is 0.486. The Labute approximate surface area is 177 Å². The van der Waals surface area contributed by atoms with Gasteiger partial charge in [-0.2, -0.15) is 13.2 Å². The second-order valence-electron chi connectivity index (χ2n) is 6.77. The van der Waals surface area contributed by atoms with Gasteiger partial charge in [-0.25, -0.2) is 0 Å². The Morgan fingerprint density at radius 1 is 0.933 bits per heavy atom. The van der Waals surface area contributed by atoms with Crippen molar-refractivity contribution in [2.75, 3.05) is 5.32 Å². The number of hydrogen-bond donors (Lipinski definition) is 2. The molecule has 0 aromatic heterocycles. The van der Waals surface area contributed by atoms with E-state index in [2.05, 4.69) is 5.32 Å². The number of thioether (sulfide) groups is 1. The Morgan fingerprint density at radius 3 is 2.13 bits per heavy atom. The third-order valence-corrected chi connectivity index (χ3v) is 5.57. The van der Waals surface area contributed by atoms with Gasteiger partial charge in [0, 0.05) is 16.3 Å². The zero-order valence-corrected chi connectivity index (χ0v) is 16.8. The summed E-state index contributed by atoms with van der Waals surface area (Å²) in [6, 6.07) is 21.4. The van der Waals surface area contributed by atoms with Gasteiger partial charge in [0.1, 0.15) is 0 Å². The summed E-state index contributed by atoms with van der Waals surface area (Å²) < 4.78 is 40.8. The molecule has 0 aliphatic heterocycles. The van der Waals surface area contributed by atoms with E-state index in [1.165, 1.54) is 12.1 Å². The number of carbonyl (C=O) groups is 1. The van der Waals surface area contributed by atoms with Crippen molar-refractivity contribution in [2.24, 2.45) is 5.73 Å². The molecule has 0 spiro atoms. The fourth-order valence-corrected chi connectivity index (χ4v) is 3.90. The molecule has 156 valence electrons. The molecule has 0 saturated carbocycles. The van der Waals surface area contributed by atoms with Crippen molar-refractivity contribution in [2.45, 2.75) is 29.3 Å². The molecule has 1 unspecified atom stereocenters. The Bertz CT molecular complexity index is 979. The number of alkyl halides is 3. The van der Waals surface area contributed by atoms with Crippen LogP contribution in [0, 0.1) is 0 Å². The molecule has 7 heteroatoms. The fourth-order valence-electron chi connectivity index (χ4n) is 2.89. The summed E-state index contributed by atoms with van der Waals surface area (Å²) in [4.78, 5) is 12.5. The molecule has 0 fully saturated rings. The van der Waals surface area contributed by atoms with Crippen LogP contribution in [-0.2, 0) is 23.1 Å². The number of benzene rings is 3. The first-order valence-electron chi connectivity index (χ1n) is 9.31. The maximum Gasteiger partial charge on any atom is 0.417 e. The Kier molecular flexibility index (Phi) is 7.18. The molecule has 3 nitrogen and oxygen atoms in total. The summed E-state index contributed by atoms with van der Waals surface area (Å²) in [7, 11) is 0. The van der Waals surface area contributed by atoms with Crippen molar-refractivity contribution in [3.05, 3.63) is 95.6 Å². The molecule has 0 radical (unpaired) electrons. The van der Waals surface area contributed by atoms with E-state index in [4.69, 9.17) is 5.73 Å². The number of carbonyl (C=O) groups excluding carboxylic acids is 1. The van der Waals surface area contributed by atoms with Gasteiger partial charge in [0.05, 0.1) is 11.6 Å². The van der Waals surface area contributed by atoms with Gasteiger partial charge in [-0.15, -0.1) is 11.8 Å². The van der Waals surface area contributed by atoms with Crippen molar-refractivity contribution in [3.8, 4) is 0 Å². The van der Waals surface area contributed by atoms with Crippen LogP contribution in [-0.4, -0.2) is 11.9 Å². The first kappa shape index (κ1) is 21.9.